The first kappa shape index (κ1) is 16.3. The summed E-state index contributed by atoms with van der Waals surface area (Å²) >= 11 is 0. The molecule has 0 aliphatic heterocycles. The number of nitrogens with two attached hydrogens (primary N) is 1. The minimum absolute atomic E-state index is 0.120. The zero-order chi connectivity index (χ0) is 17.1. The zero-order valence-electron chi connectivity index (χ0n) is 12.0. The molecule has 0 spiro atoms. The van der Waals surface area contributed by atoms with Crippen molar-refractivity contribution >= 4 is 28.9 Å². The third-order valence-corrected chi connectivity index (χ3v) is 3.28. The number of carbonyl (C=O) groups is 3. The Labute approximate surface area is 129 Å². The minimum Gasteiger partial charge on any atom is -0.479 e. The summed E-state index contributed by atoms with van der Waals surface area (Å²) in [7, 11) is 1.20. The number of fused-ring (bicyclic) bond motifs is 1. The number of para-hydroxylation sites is 1. The van der Waals surface area contributed by atoms with Crippen molar-refractivity contribution in [2.45, 2.75) is 6.10 Å². The van der Waals surface area contributed by atoms with Crippen LogP contribution in [-0.2, 0) is 9.53 Å². The number of hydrogen-bond acceptors (Lipinski definition) is 5. The van der Waals surface area contributed by atoms with E-state index in [4.69, 9.17) is 10.6 Å². The number of hydrogen-bond donors (Lipinski definition) is 4. The number of benzene rings is 1. The van der Waals surface area contributed by atoms with E-state index in [1.807, 2.05) is 5.43 Å². The number of pyridine rings is 1. The lowest BCUT2D eigenvalue weighted by Gasteiger charge is -2.15. The van der Waals surface area contributed by atoms with E-state index >= 15 is 0 Å². The second-order valence-corrected chi connectivity index (χ2v) is 4.55. The van der Waals surface area contributed by atoms with Crippen LogP contribution in [0.2, 0.25) is 0 Å². The molecule has 5 N–H and O–H groups in total. The van der Waals surface area contributed by atoms with Crippen molar-refractivity contribution in [2.24, 2.45) is 5.84 Å². The van der Waals surface area contributed by atoms with Crippen LogP contribution in [0.3, 0.4) is 0 Å². The SMILES string of the molecule is COC(C(=O)O)c1cc(C(=O)O)[n+](C(=O)NN)c2ccccc12. The number of carboxylic acid groups (broad SMARTS) is 2. The molecule has 0 fully saturated rings. The van der Waals surface area contributed by atoms with Crippen molar-refractivity contribution in [3.8, 4) is 0 Å². The highest BCUT2D eigenvalue weighted by Crippen LogP contribution is 2.26. The first-order valence-electron chi connectivity index (χ1n) is 6.40. The molecule has 0 radical (unpaired) electrons. The van der Waals surface area contributed by atoms with E-state index in [0.29, 0.717) is 5.39 Å². The number of nitrogen functional groups attached to an aromatic ring is 1. The van der Waals surface area contributed by atoms with Gasteiger partial charge in [0.15, 0.2) is 6.10 Å². The van der Waals surface area contributed by atoms with Crippen LogP contribution in [0.5, 0.6) is 0 Å². The summed E-state index contributed by atoms with van der Waals surface area (Å²) in [5.74, 6) is 2.41. The lowest BCUT2D eigenvalue weighted by atomic mass is 10.0. The Morgan fingerprint density at radius 2 is 1.91 bits per heavy atom. The monoisotopic (exact) mass is 320 g/mol. The van der Waals surface area contributed by atoms with Gasteiger partial charge in [-0.15, -0.1) is 4.57 Å². The molecule has 1 atom stereocenters. The molecular weight excluding hydrogens is 306 g/mol. The van der Waals surface area contributed by atoms with Crippen molar-refractivity contribution in [2.75, 3.05) is 7.11 Å². The summed E-state index contributed by atoms with van der Waals surface area (Å²) in [4.78, 5) is 34.8. The van der Waals surface area contributed by atoms with Crippen LogP contribution in [-0.4, -0.2) is 35.3 Å². The lowest BCUT2D eigenvalue weighted by Crippen LogP contribution is -2.56. The molecule has 9 heteroatoms. The largest absolute Gasteiger partial charge is 0.515 e. The predicted molar refractivity (Wildman–Crippen MR) is 76.6 cm³/mol. The van der Waals surface area contributed by atoms with Crippen LogP contribution in [0.15, 0.2) is 30.3 Å². The zero-order valence-corrected chi connectivity index (χ0v) is 12.0. The number of carboxylic acids is 2. The van der Waals surface area contributed by atoms with Gasteiger partial charge in [-0.25, -0.2) is 9.59 Å². The van der Waals surface area contributed by atoms with Gasteiger partial charge in [0.2, 0.25) is 5.69 Å². The molecule has 1 unspecified atom stereocenters. The fraction of sp³-hybridized carbons (Fsp3) is 0.143. The smallest absolute Gasteiger partial charge is 0.479 e. The normalized spacial score (nSPS) is 11.9. The Morgan fingerprint density at radius 1 is 1.26 bits per heavy atom. The summed E-state index contributed by atoms with van der Waals surface area (Å²) < 4.78 is 5.80. The van der Waals surface area contributed by atoms with E-state index in [9.17, 15) is 24.6 Å². The van der Waals surface area contributed by atoms with E-state index < -0.39 is 29.8 Å². The first-order valence-corrected chi connectivity index (χ1v) is 6.40. The van der Waals surface area contributed by atoms with Gasteiger partial charge in [0.25, 0.3) is 0 Å². The van der Waals surface area contributed by atoms with Crippen molar-refractivity contribution in [1.82, 2.24) is 5.43 Å². The number of hydrazine groups is 1. The number of carbonyl (C=O) groups excluding carboxylic acids is 1. The maximum absolute atomic E-state index is 12.0. The maximum atomic E-state index is 12.0. The minimum atomic E-state index is -1.42. The van der Waals surface area contributed by atoms with Crippen LogP contribution < -0.4 is 15.8 Å². The molecule has 2 aromatic rings. The molecule has 1 aromatic heterocycles. The third-order valence-electron chi connectivity index (χ3n) is 3.28. The number of aromatic nitrogens is 1. The Balaban J connectivity index is 2.94. The predicted octanol–water partition coefficient (Wildman–Crippen LogP) is 0.0290. The average Bonchev–Trinajstić information content (AvgIpc) is 2.53. The van der Waals surface area contributed by atoms with Gasteiger partial charge < -0.3 is 14.9 Å². The maximum Gasteiger partial charge on any atom is 0.515 e. The van der Waals surface area contributed by atoms with E-state index in [0.717, 1.165) is 10.6 Å². The van der Waals surface area contributed by atoms with Gasteiger partial charge in [-0.3, -0.25) is 0 Å². The molecule has 2 rings (SSSR count). The molecule has 1 amide bonds. The summed E-state index contributed by atoms with van der Waals surface area (Å²) in [6.45, 7) is 0. The first-order chi connectivity index (χ1) is 10.9. The van der Waals surface area contributed by atoms with Gasteiger partial charge in [-0.2, -0.15) is 16.1 Å². The molecule has 0 bridgehead atoms. The Hall–Kier alpha value is -3.04. The molecule has 9 nitrogen and oxygen atoms in total. The second-order valence-electron chi connectivity index (χ2n) is 4.55. The van der Waals surface area contributed by atoms with Gasteiger partial charge in [0.1, 0.15) is 5.52 Å². The molecule has 0 saturated heterocycles. The Morgan fingerprint density at radius 3 is 2.43 bits per heavy atom. The van der Waals surface area contributed by atoms with Crippen molar-refractivity contribution in [3.63, 3.8) is 0 Å². The summed E-state index contributed by atoms with van der Waals surface area (Å²) in [6.07, 6.45) is -1.38. The second kappa shape index (κ2) is 6.38. The number of methoxy groups -OCH3 is 1. The number of aliphatic carboxylic acids is 1. The molecule has 0 aliphatic rings. The molecule has 1 heterocycles. The van der Waals surface area contributed by atoms with Crippen LogP contribution in [0.1, 0.15) is 22.2 Å². The fourth-order valence-corrected chi connectivity index (χ4v) is 2.35. The summed E-state index contributed by atoms with van der Waals surface area (Å²) in [5, 5.41) is 19.0. The number of nitrogens with zero attached hydrogens (tertiary/aromatic N) is 1. The molecule has 23 heavy (non-hydrogen) atoms. The number of rotatable bonds is 4. The number of aromatic carboxylic acids is 1. The quantitative estimate of drug-likeness (QED) is 0.269. The van der Waals surface area contributed by atoms with Gasteiger partial charge >= 0.3 is 18.0 Å². The van der Waals surface area contributed by atoms with Crippen molar-refractivity contribution in [1.29, 1.82) is 0 Å². The van der Waals surface area contributed by atoms with Gasteiger partial charge in [-0.1, -0.05) is 18.2 Å². The Kier molecular flexibility index (Phi) is 4.53. The van der Waals surface area contributed by atoms with E-state index in [-0.39, 0.29) is 11.1 Å². The summed E-state index contributed by atoms with van der Waals surface area (Å²) in [5.41, 5.74) is 1.74. The highest BCUT2D eigenvalue weighted by Gasteiger charge is 2.31. The van der Waals surface area contributed by atoms with Crippen LogP contribution in [0, 0.1) is 0 Å². The molecule has 1 aromatic carbocycles. The van der Waals surface area contributed by atoms with E-state index in [1.54, 1.807) is 18.2 Å². The molecule has 120 valence electrons. The fourth-order valence-electron chi connectivity index (χ4n) is 2.35. The highest BCUT2D eigenvalue weighted by molar-refractivity contribution is 5.93. The number of nitrogens with one attached hydrogen (secondary N) is 1. The van der Waals surface area contributed by atoms with E-state index in [2.05, 4.69) is 0 Å². The van der Waals surface area contributed by atoms with Crippen LogP contribution >= 0.6 is 0 Å². The Bertz CT molecular complexity index is 804. The van der Waals surface area contributed by atoms with Gasteiger partial charge in [-0.05, 0) is 6.07 Å². The average molecular weight is 320 g/mol. The number of ether oxygens (including phenoxy) is 1. The lowest BCUT2D eigenvalue weighted by molar-refractivity contribution is -0.547. The van der Waals surface area contributed by atoms with Gasteiger partial charge in [0, 0.05) is 24.1 Å². The van der Waals surface area contributed by atoms with Crippen LogP contribution in [0.4, 0.5) is 4.79 Å². The summed E-state index contributed by atoms with van der Waals surface area (Å²) in [6, 6.07) is 6.48. The third kappa shape index (κ3) is 2.82. The molecule has 0 saturated carbocycles. The van der Waals surface area contributed by atoms with Crippen LogP contribution in [0.25, 0.3) is 10.9 Å². The standard InChI is InChI=1S/C14H13N3O6/c1-23-11(13(20)21)8-6-10(12(18)19)17(14(22)16-15)9-5-3-2-4-7(8)9/h2-6,11H,15H2,1H3,(H2-,16,18,19,20,21,22)/p+1. The van der Waals surface area contributed by atoms with Gasteiger partial charge in [0.05, 0.1) is 0 Å². The topological polar surface area (TPSA) is 143 Å². The molecule has 0 aliphatic carbocycles. The number of amides is 1. The molecular formula is C14H14N3O6+. The van der Waals surface area contributed by atoms with E-state index in [1.165, 1.54) is 13.2 Å². The van der Waals surface area contributed by atoms with Crippen molar-refractivity contribution in [3.05, 3.63) is 41.6 Å². The van der Waals surface area contributed by atoms with Crippen molar-refractivity contribution < 1.29 is 33.9 Å². The highest BCUT2D eigenvalue weighted by atomic mass is 16.5.